The topological polar surface area (TPSA) is 52.3 Å². The Hall–Kier alpha value is -0.840. The van der Waals surface area contributed by atoms with Gasteiger partial charge in [0.25, 0.3) is 11.8 Å². The van der Waals surface area contributed by atoms with Gasteiger partial charge >= 0.3 is 0 Å². The molecule has 1 aromatic rings. The van der Waals surface area contributed by atoms with Crippen LogP contribution in [-0.2, 0) is 0 Å². The van der Waals surface area contributed by atoms with Gasteiger partial charge in [-0.3, -0.25) is 4.79 Å². The van der Waals surface area contributed by atoms with E-state index in [0.717, 1.165) is 0 Å². The van der Waals surface area contributed by atoms with Crippen molar-refractivity contribution in [3.8, 4) is 5.88 Å². The predicted octanol–water partition coefficient (Wildman–Crippen LogP) is 1.65. The number of carbonyl (C=O) groups excluding carboxylic acids is 1. The Labute approximate surface area is 71.7 Å². The Morgan fingerprint density at radius 3 is 3.00 bits per heavy atom. The number of rotatable bonds is 3. The zero-order chi connectivity index (χ0) is 8.27. The van der Waals surface area contributed by atoms with Crippen LogP contribution >= 0.6 is 15.9 Å². The predicted molar refractivity (Wildman–Crippen MR) is 40.8 cm³/mol. The summed E-state index contributed by atoms with van der Waals surface area (Å²) in [4.78, 5) is 13.9. The molecule has 0 aliphatic carbocycles. The van der Waals surface area contributed by atoms with E-state index in [0.29, 0.717) is 23.4 Å². The summed E-state index contributed by atoms with van der Waals surface area (Å²) in [5.41, 5.74) is 0. The first-order valence-electron chi connectivity index (χ1n) is 3.02. The Morgan fingerprint density at radius 1 is 1.82 bits per heavy atom. The van der Waals surface area contributed by atoms with Crippen molar-refractivity contribution in [2.24, 2.45) is 0 Å². The summed E-state index contributed by atoms with van der Waals surface area (Å²) in [7, 11) is 0. The lowest BCUT2D eigenvalue weighted by atomic mass is 10.7. The summed E-state index contributed by atoms with van der Waals surface area (Å²) in [6.07, 6.45) is 0.521. The quantitative estimate of drug-likeness (QED) is 0.726. The average molecular weight is 220 g/mol. The van der Waals surface area contributed by atoms with Crippen molar-refractivity contribution >= 4 is 22.2 Å². The molecule has 1 rings (SSSR count). The molecule has 0 N–H and O–H groups in total. The number of aldehydes is 1. The molecule has 0 aromatic carbocycles. The number of hydrogen-bond donors (Lipinski definition) is 0. The molecular weight excluding hydrogens is 214 g/mol. The molecular formula is C6H6BrNO3. The van der Waals surface area contributed by atoms with Crippen molar-refractivity contribution in [3.63, 3.8) is 0 Å². The maximum Gasteiger partial charge on any atom is 0.268 e. The molecule has 0 bridgehead atoms. The van der Waals surface area contributed by atoms with Gasteiger partial charge in [0.2, 0.25) is 11.0 Å². The van der Waals surface area contributed by atoms with Crippen LogP contribution < -0.4 is 4.74 Å². The number of halogens is 1. The van der Waals surface area contributed by atoms with Crippen LogP contribution in [0.4, 0.5) is 0 Å². The van der Waals surface area contributed by atoms with E-state index in [-0.39, 0.29) is 5.89 Å². The lowest BCUT2D eigenvalue weighted by Crippen LogP contribution is -1.91. The van der Waals surface area contributed by atoms with Crippen LogP contribution in [0.3, 0.4) is 0 Å². The second kappa shape index (κ2) is 3.52. The first kappa shape index (κ1) is 8.26. The van der Waals surface area contributed by atoms with Gasteiger partial charge in [-0.25, -0.2) is 0 Å². The van der Waals surface area contributed by atoms with Crippen LogP contribution in [0.5, 0.6) is 5.88 Å². The van der Waals surface area contributed by atoms with Crippen molar-refractivity contribution in [1.29, 1.82) is 0 Å². The van der Waals surface area contributed by atoms with Gasteiger partial charge in [0, 0.05) is 0 Å². The van der Waals surface area contributed by atoms with E-state index < -0.39 is 0 Å². The van der Waals surface area contributed by atoms with Crippen molar-refractivity contribution in [2.75, 3.05) is 6.61 Å². The SMILES string of the molecule is CCOc1nc(C=O)oc1Br. The number of hydrogen-bond acceptors (Lipinski definition) is 4. The van der Waals surface area contributed by atoms with Gasteiger partial charge in [-0.05, 0) is 22.9 Å². The fraction of sp³-hybridized carbons (Fsp3) is 0.333. The summed E-state index contributed by atoms with van der Waals surface area (Å²) in [5.74, 6) is 0.329. The van der Waals surface area contributed by atoms with E-state index in [2.05, 4.69) is 20.9 Å². The zero-order valence-electron chi connectivity index (χ0n) is 5.83. The highest BCUT2D eigenvalue weighted by molar-refractivity contribution is 9.10. The third kappa shape index (κ3) is 1.80. The highest BCUT2D eigenvalue weighted by Crippen LogP contribution is 2.24. The first-order valence-corrected chi connectivity index (χ1v) is 3.81. The summed E-state index contributed by atoms with van der Waals surface area (Å²) in [6.45, 7) is 2.31. The second-order valence-corrected chi connectivity index (χ2v) is 2.40. The van der Waals surface area contributed by atoms with Gasteiger partial charge in [-0.2, -0.15) is 4.98 Å². The van der Waals surface area contributed by atoms with E-state index in [1.807, 2.05) is 6.92 Å². The van der Waals surface area contributed by atoms with E-state index in [1.165, 1.54) is 0 Å². The third-order valence-corrected chi connectivity index (χ3v) is 1.46. The lowest BCUT2D eigenvalue weighted by Gasteiger charge is -1.93. The lowest BCUT2D eigenvalue weighted by molar-refractivity contribution is 0.109. The Bertz CT molecular complexity index is 258. The van der Waals surface area contributed by atoms with Gasteiger partial charge in [-0.15, -0.1) is 0 Å². The second-order valence-electron chi connectivity index (χ2n) is 1.68. The molecule has 60 valence electrons. The van der Waals surface area contributed by atoms with Crippen molar-refractivity contribution in [3.05, 3.63) is 10.6 Å². The Morgan fingerprint density at radius 2 is 2.55 bits per heavy atom. The van der Waals surface area contributed by atoms with E-state index in [9.17, 15) is 4.79 Å². The number of ether oxygens (including phenoxy) is 1. The standard InChI is InChI=1S/C6H6BrNO3/c1-2-10-6-5(7)11-4(3-9)8-6/h3H,2H2,1H3. The molecule has 4 nitrogen and oxygen atoms in total. The maximum absolute atomic E-state index is 10.1. The van der Waals surface area contributed by atoms with Gasteiger partial charge in [0.05, 0.1) is 6.61 Å². The minimum Gasteiger partial charge on any atom is -0.475 e. The molecule has 0 aliphatic rings. The molecule has 1 aromatic heterocycles. The Kier molecular flexibility index (Phi) is 2.64. The van der Waals surface area contributed by atoms with Crippen LogP contribution in [0.1, 0.15) is 17.6 Å². The monoisotopic (exact) mass is 219 g/mol. The van der Waals surface area contributed by atoms with Gasteiger partial charge in [0.15, 0.2) is 0 Å². The molecule has 0 radical (unpaired) electrons. The van der Waals surface area contributed by atoms with E-state index in [1.54, 1.807) is 0 Å². The summed E-state index contributed by atoms with van der Waals surface area (Å²) >= 11 is 3.05. The van der Waals surface area contributed by atoms with Crippen molar-refractivity contribution in [2.45, 2.75) is 6.92 Å². The third-order valence-electron chi connectivity index (χ3n) is 0.956. The molecule has 0 atom stereocenters. The molecule has 5 heteroatoms. The van der Waals surface area contributed by atoms with E-state index >= 15 is 0 Å². The molecule has 0 unspecified atom stereocenters. The van der Waals surface area contributed by atoms with Crippen LogP contribution in [-0.4, -0.2) is 17.9 Å². The zero-order valence-corrected chi connectivity index (χ0v) is 7.42. The molecule has 0 saturated carbocycles. The smallest absolute Gasteiger partial charge is 0.268 e. The molecule has 0 spiro atoms. The number of nitrogens with zero attached hydrogens (tertiary/aromatic N) is 1. The van der Waals surface area contributed by atoms with E-state index in [4.69, 9.17) is 9.15 Å². The van der Waals surface area contributed by atoms with Crippen molar-refractivity contribution in [1.82, 2.24) is 4.98 Å². The minimum absolute atomic E-state index is 0.0142. The first-order chi connectivity index (χ1) is 5.27. The van der Waals surface area contributed by atoms with Gasteiger partial charge in [-0.1, -0.05) is 0 Å². The Balaban J connectivity index is 2.87. The molecule has 0 saturated heterocycles. The van der Waals surface area contributed by atoms with Crippen LogP contribution in [0.15, 0.2) is 9.09 Å². The average Bonchev–Trinajstić information content (AvgIpc) is 2.33. The fourth-order valence-corrected chi connectivity index (χ4v) is 0.947. The molecule has 0 fully saturated rings. The summed E-state index contributed by atoms with van der Waals surface area (Å²) < 4.78 is 10.2. The normalized spacial score (nSPS) is 9.64. The number of carbonyl (C=O) groups is 1. The largest absolute Gasteiger partial charge is 0.475 e. The fourth-order valence-electron chi connectivity index (χ4n) is 0.578. The van der Waals surface area contributed by atoms with Gasteiger partial charge < -0.3 is 9.15 Å². The molecule has 0 aliphatic heterocycles. The van der Waals surface area contributed by atoms with Crippen LogP contribution in [0, 0.1) is 0 Å². The molecule has 1 heterocycles. The summed E-state index contributed by atoms with van der Waals surface area (Å²) in [5, 5.41) is 0. The van der Waals surface area contributed by atoms with Crippen LogP contribution in [0.2, 0.25) is 0 Å². The number of oxazole rings is 1. The van der Waals surface area contributed by atoms with Gasteiger partial charge in [0.1, 0.15) is 0 Å². The highest BCUT2D eigenvalue weighted by atomic mass is 79.9. The van der Waals surface area contributed by atoms with Crippen LogP contribution in [0.25, 0.3) is 0 Å². The minimum atomic E-state index is 0.0142. The highest BCUT2D eigenvalue weighted by Gasteiger charge is 2.09. The summed E-state index contributed by atoms with van der Waals surface area (Å²) in [6, 6.07) is 0. The maximum atomic E-state index is 10.1. The molecule has 0 amide bonds. The molecule has 11 heavy (non-hydrogen) atoms. The number of aromatic nitrogens is 1. The van der Waals surface area contributed by atoms with Crippen molar-refractivity contribution < 1.29 is 13.9 Å².